The maximum absolute atomic E-state index is 12.0. The van der Waals surface area contributed by atoms with Gasteiger partial charge in [-0.05, 0) is 82.8 Å². The molecule has 1 aliphatic carbocycles. The molecule has 0 atom stereocenters. The molecule has 0 radical (unpaired) electrons. The molecule has 2 aromatic carbocycles. The number of phenols is 1. The van der Waals surface area contributed by atoms with Gasteiger partial charge in [-0.15, -0.1) is 0 Å². The van der Waals surface area contributed by atoms with Crippen LogP contribution in [-0.4, -0.2) is 23.4 Å². The Morgan fingerprint density at radius 2 is 1.62 bits per heavy atom. The van der Waals surface area contributed by atoms with Crippen molar-refractivity contribution in [2.75, 3.05) is 7.11 Å². The number of thioether (sulfide) groups is 1. The first-order chi connectivity index (χ1) is 14.9. The quantitative estimate of drug-likeness (QED) is 0.556. The molecule has 1 saturated heterocycles. The van der Waals surface area contributed by atoms with E-state index in [4.69, 9.17) is 4.74 Å². The fraction of sp³-hybridized carbons (Fsp3) is 0.385. The van der Waals surface area contributed by atoms with E-state index in [-0.39, 0.29) is 21.5 Å². The standard InChI is InChI=1S/C26H29NO4S/c1-14-9-18-19(26(4,5)8-7-25(18,2)3)12-16(14)17-10-15(20(28)13-21(17)31-6)11-22-23(29)27-24(30)32-22/h9-13,28H,7-8H2,1-6H3,(H,27,29,30)/b22-11+. The van der Waals surface area contributed by atoms with Crippen molar-refractivity contribution in [3.63, 3.8) is 0 Å². The van der Waals surface area contributed by atoms with E-state index >= 15 is 0 Å². The Balaban J connectivity index is 1.91. The van der Waals surface area contributed by atoms with Crippen LogP contribution in [0.15, 0.2) is 29.2 Å². The number of fused-ring (bicyclic) bond motifs is 1. The third-order valence-electron chi connectivity index (χ3n) is 6.77. The lowest BCUT2D eigenvalue weighted by Crippen LogP contribution is -2.34. The second-order valence-electron chi connectivity index (χ2n) is 9.94. The molecule has 6 heteroatoms. The molecule has 5 nitrogen and oxygen atoms in total. The third-order valence-corrected chi connectivity index (χ3v) is 7.58. The van der Waals surface area contributed by atoms with Crippen LogP contribution >= 0.6 is 11.8 Å². The summed E-state index contributed by atoms with van der Waals surface area (Å²) >= 11 is 0.829. The fourth-order valence-electron chi connectivity index (χ4n) is 4.66. The summed E-state index contributed by atoms with van der Waals surface area (Å²) in [5, 5.41) is 12.4. The number of imide groups is 1. The molecular weight excluding hydrogens is 422 g/mol. The number of hydrogen-bond acceptors (Lipinski definition) is 5. The van der Waals surface area contributed by atoms with Gasteiger partial charge in [0.15, 0.2) is 0 Å². The minimum Gasteiger partial charge on any atom is -0.507 e. The Morgan fingerprint density at radius 3 is 2.19 bits per heavy atom. The predicted molar refractivity (Wildman–Crippen MR) is 129 cm³/mol. The topological polar surface area (TPSA) is 75.6 Å². The first kappa shape index (κ1) is 22.5. The van der Waals surface area contributed by atoms with Crippen molar-refractivity contribution in [1.82, 2.24) is 5.32 Å². The van der Waals surface area contributed by atoms with Crippen molar-refractivity contribution in [1.29, 1.82) is 0 Å². The summed E-state index contributed by atoms with van der Waals surface area (Å²) < 4.78 is 5.62. The third kappa shape index (κ3) is 3.81. The van der Waals surface area contributed by atoms with Crippen LogP contribution in [0.4, 0.5) is 4.79 Å². The van der Waals surface area contributed by atoms with Gasteiger partial charge < -0.3 is 9.84 Å². The van der Waals surface area contributed by atoms with Crippen LogP contribution in [0, 0.1) is 6.92 Å². The molecule has 168 valence electrons. The first-order valence-electron chi connectivity index (χ1n) is 10.7. The summed E-state index contributed by atoms with van der Waals surface area (Å²) in [6, 6.07) is 7.94. The maximum Gasteiger partial charge on any atom is 0.290 e. The van der Waals surface area contributed by atoms with Crippen LogP contribution in [0.5, 0.6) is 11.5 Å². The van der Waals surface area contributed by atoms with Gasteiger partial charge in [0, 0.05) is 17.2 Å². The molecule has 2 aromatic rings. The van der Waals surface area contributed by atoms with Crippen molar-refractivity contribution in [2.45, 2.75) is 58.3 Å². The number of hydrogen-bond donors (Lipinski definition) is 2. The monoisotopic (exact) mass is 451 g/mol. The van der Waals surface area contributed by atoms with E-state index in [1.165, 1.54) is 11.1 Å². The molecule has 4 rings (SSSR count). The molecule has 0 spiro atoms. The molecule has 1 heterocycles. The molecule has 0 saturated carbocycles. The van der Waals surface area contributed by atoms with Crippen molar-refractivity contribution >= 4 is 29.0 Å². The largest absolute Gasteiger partial charge is 0.507 e. The molecule has 1 fully saturated rings. The van der Waals surface area contributed by atoms with Crippen molar-refractivity contribution in [3.05, 3.63) is 51.4 Å². The van der Waals surface area contributed by atoms with E-state index in [2.05, 4.69) is 52.1 Å². The number of aromatic hydroxyl groups is 1. The van der Waals surface area contributed by atoms with E-state index in [9.17, 15) is 14.7 Å². The number of benzene rings is 2. The minimum absolute atomic E-state index is 0.0112. The number of nitrogens with one attached hydrogen (secondary N) is 1. The highest BCUT2D eigenvalue weighted by Gasteiger charge is 2.37. The number of methoxy groups -OCH3 is 1. The Morgan fingerprint density at radius 1 is 1.00 bits per heavy atom. The Bertz CT molecular complexity index is 1180. The van der Waals surface area contributed by atoms with Gasteiger partial charge in [0.05, 0.1) is 12.0 Å². The van der Waals surface area contributed by atoms with Gasteiger partial charge in [-0.3, -0.25) is 14.9 Å². The number of aryl methyl sites for hydroxylation is 1. The summed E-state index contributed by atoms with van der Waals surface area (Å²) in [4.78, 5) is 23.8. The fourth-order valence-corrected chi connectivity index (χ4v) is 5.33. The molecule has 2 N–H and O–H groups in total. The zero-order valence-corrected chi connectivity index (χ0v) is 20.2. The molecule has 32 heavy (non-hydrogen) atoms. The lowest BCUT2D eigenvalue weighted by atomic mass is 9.62. The number of carbonyl (C=O) groups excluding carboxylic acids is 2. The highest BCUT2D eigenvalue weighted by molar-refractivity contribution is 8.18. The molecule has 0 unspecified atom stereocenters. The van der Waals surface area contributed by atoms with Crippen molar-refractivity contribution in [2.24, 2.45) is 0 Å². The SMILES string of the molecule is COc1cc(O)c(/C=C2/SC(=O)NC2=O)cc1-c1cc2c(cc1C)C(C)(C)CCC2(C)C. The van der Waals surface area contributed by atoms with Crippen LogP contribution in [0.3, 0.4) is 0 Å². The number of rotatable bonds is 3. The van der Waals surface area contributed by atoms with E-state index in [1.54, 1.807) is 19.3 Å². The van der Waals surface area contributed by atoms with Gasteiger partial charge in [-0.1, -0.05) is 33.8 Å². The zero-order valence-electron chi connectivity index (χ0n) is 19.4. The van der Waals surface area contributed by atoms with Crippen molar-refractivity contribution < 1.29 is 19.4 Å². The molecular formula is C26H29NO4S. The van der Waals surface area contributed by atoms with Gasteiger partial charge in [-0.25, -0.2) is 0 Å². The number of amides is 2. The Hall–Kier alpha value is -2.73. The van der Waals surface area contributed by atoms with Gasteiger partial charge in [0.1, 0.15) is 11.5 Å². The highest BCUT2D eigenvalue weighted by Crippen LogP contribution is 2.49. The van der Waals surface area contributed by atoms with Gasteiger partial charge in [0.25, 0.3) is 11.1 Å². The highest BCUT2D eigenvalue weighted by atomic mass is 32.2. The summed E-state index contributed by atoms with van der Waals surface area (Å²) in [5.74, 6) is 0.0915. The first-order valence-corrected chi connectivity index (χ1v) is 11.6. The van der Waals surface area contributed by atoms with E-state index in [0.717, 1.165) is 41.3 Å². The van der Waals surface area contributed by atoms with E-state index in [0.29, 0.717) is 11.3 Å². The molecule has 0 aromatic heterocycles. The van der Waals surface area contributed by atoms with Crippen LogP contribution < -0.4 is 10.1 Å². The van der Waals surface area contributed by atoms with Crippen molar-refractivity contribution in [3.8, 4) is 22.6 Å². The lowest BCUT2D eigenvalue weighted by molar-refractivity contribution is -0.115. The van der Waals surface area contributed by atoms with E-state index < -0.39 is 11.1 Å². The number of carbonyl (C=O) groups is 2. The Kier molecular flexibility index (Phi) is 5.40. The lowest BCUT2D eigenvalue weighted by Gasteiger charge is -2.42. The van der Waals surface area contributed by atoms with Gasteiger partial charge >= 0.3 is 0 Å². The van der Waals surface area contributed by atoms with E-state index in [1.807, 2.05) is 6.07 Å². The molecule has 2 aliphatic rings. The summed E-state index contributed by atoms with van der Waals surface area (Å²) in [6.45, 7) is 11.3. The number of phenolic OH excluding ortho intramolecular Hbond substituents is 1. The summed E-state index contributed by atoms with van der Waals surface area (Å²) in [7, 11) is 1.58. The summed E-state index contributed by atoms with van der Waals surface area (Å²) in [6.07, 6.45) is 3.80. The van der Waals surface area contributed by atoms with Gasteiger partial charge in [0.2, 0.25) is 0 Å². The zero-order chi connectivity index (χ0) is 23.4. The average molecular weight is 452 g/mol. The van der Waals surface area contributed by atoms with Crippen LogP contribution in [0.2, 0.25) is 0 Å². The maximum atomic E-state index is 12.0. The van der Waals surface area contributed by atoms with Crippen LogP contribution in [0.1, 0.15) is 62.8 Å². The Labute approximate surface area is 193 Å². The normalized spacial score (nSPS) is 20.2. The summed E-state index contributed by atoms with van der Waals surface area (Å²) in [5.41, 5.74) is 6.35. The van der Waals surface area contributed by atoms with Gasteiger partial charge in [-0.2, -0.15) is 0 Å². The smallest absolute Gasteiger partial charge is 0.290 e. The second-order valence-corrected chi connectivity index (χ2v) is 11.0. The second kappa shape index (κ2) is 7.69. The number of ether oxygens (including phenoxy) is 1. The van der Waals surface area contributed by atoms with Crippen LogP contribution in [-0.2, 0) is 15.6 Å². The minimum atomic E-state index is -0.453. The molecule has 0 bridgehead atoms. The molecule has 1 aliphatic heterocycles. The predicted octanol–water partition coefficient (Wildman–Crippen LogP) is 6.05. The van der Waals surface area contributed by atoms with Crippen LogP contribution in [0.25, 0.3) is 17.2 Å². The average Bonchev–Trinajstić information content (AvgIpc) is 3.03. The molecule has 2 amide bonds.